The number of benzene rings is 2. The molecule has 2 aromatic carbocycles. The van der Waals surface area contributed by atoms with Crippen LogP contribution < -0.4 is 0 Å². The van der Waals surface area contributed by atoms with Crippen molar-refractivity contribution in [3.8, 4) is 0 Å². The minimum atomic E-state index is -0.726. The second kappa shape index (κ2) is 6.48. The van der Waals surface area contributed by atoms with Crippen LogP contribution in [0.4, 0.5) is 11.4 Å². The van der Waals surface area contributed by atoms with E-state index in [1.165, 1.54) is 0 Å². The van der Waals surface area contributed by atoms with Gasteiger partial charge in [-0.3, -0.25) is 0 Å². The van der Waals surface area contributed by atoms with Crippen molar-refractivity contribution in [2.45, 2.75) is 4.90 Å². The molecular formula is C13H12NNiO2S+4. The summed E-state index contributed by atoms with van der Waals surface area (Å²) in [7, 11) is 0. The first-order valence-electron chi connectivity index (χ1n) is 5.06. The second-order valence-electron chi connectivity index (χ2n) is 3.48. The number of carbonyl (C=O) groups is 1. The summed E-state index contributed by atoms with van der Waals surface area (Å²) in [5.41, 5.74) is 1.55. The van der Waals surface area contributed by atoms with Gasteiger partial charge in [-0.2, -0.15) is 0 Å². The van der Waals surface area contributed by atoms with E-state index in [4.69, 9.17) is 5.11 Å². The van der Waals surface area contributed by atoms with Gasteiger partial charge >= 0.3 is 22.5 Å². The topological polar surface area (TPSA) is 54.1 Å². The summed E-state index contributed by atoms with van der Waals surface area (Å²) < 4.78 is 0. The van der Waals surface area contributed by atoms with Crippen LogP contribution in [0.5, 0.6) is 0 Å². The zero-order valence-corrected chi connectivity index (χ0v) is 11.3. The molecule has 0 unspecified atom stereocenters. The fourth-order valence-electron chi connectivity index (χ4n) is 1.46. The molecule has 0 atom stereocenters. The summed E-state index contributed by atoms with van der Waals surface area (Å²) in [4.78, 5) is 12.0. The Labute approximate surface area is 121 Å². The fourth-order valence-corrected chi connectivity index (χ4v) is 1.70. The van der Waals surface area contributed by atoms with Gasteiger partial charge < -0.3 is 10.4 Å². The Hall–Kier alpha value is -1.45. The molecule has 93 valence electrons. The number of hydrogen-bond donors (Lipinski definition) is 0. The predicted molar refractivity (Wildman–Crippen MR) is 71.9 cm³/mol. The zero-order valence-electron chi connectivity index (χ0n) is 9.29. The standard InChI is InChI=1S/C13H10NO2S.Ni/c15-13(16)9-5-1-2-6-10(9)14-11-7-3-4-8-12(11)17;/h1-8,17H,(H,15,16);/q-1;+3/p+2. The monoisotopic (exact) mass is 304 g/mol. The first-order chi connectivity index (χ1) is 8.18. The number of para-hydroxylation sites is 2. The normalized spacial score (nSPS) is 9.39. The fraction of sp³-hybridized carbons (Fsp3) is 0. The van der Waals surface area contributed by atoms with Crippen molar-refractivity contribution < 1.29 is 26.4 Å². The molecule has 0 aromatic heterocycles. The molecule has 5 heteroatoms. The van der Waals surface area contributed by atoms with Crippen LogP contribution >= 0.6 is 0 Å². The van der Waals surface area contributed by atoms with E-state index in [9.17, 15) is 4.79 Å². The number of carbonyl (C=O) groups excluding carboxylic acids is 1. The average Bonchev–Trinajstić information content (AvgIpc) is 2.32. The summed E-state index contributed by atoms with van der Waals surface area (Å²) >= 11 is 3.44. The van der Waals surface area contributed by atoms with Gasteiger partial charge in [0.05, 0.1) is 0 Å². The molecule has 0 heterocycles. The SMILES string of the molecule is O=C([OH2+])c1ccccc1[N-]c1ccccc1[SH2+].[Ni+3]. The number of rotatable bonds is 3. The molecule has 2 N–H and O–H groups in total. The van der Waals surface area contributed by atoms with Crippen LogP contribution in [0.3, 0.4) is 0 Å². The molecule has 0 fully saturated rings. The van der Waals surface area contributed by atoms with E-state index >= 15 is 0 Å². The van der Waals surface area contributed by atoms with Gasteiger partial charge in [0.25, 0.3) is 0 Å². The van der Waals surface area contributed by atoms with E-state index in [-0.39, 0.29) is 16.5 Å². The van der Waals surface area contributed by atoms with Crippen LogP contribution in [0.15, 0.2) is 53.4 Å². The minimum absolute atomic E-state index is 0. The van der Waals surface area contributed by atoms with Crippen molar-refractivity contribution in [2.24, 2.45) is 0 Å². The maximum atomic E-state index is 11.1. The predicted octanol–water partition coefficient (Wildman–Crippen LogP) is 2.26. The van der Waals surface area contributed by atoms with Crippen LogP contribution in [-0.4, -0.2) is 11.1 Å². The smallest absolute Gasteiger partial charge is 0.653 e. The van der Waals surface area contributed by atoms with E-state index in [0.717, 1.165) is 10.6 Å². The molecule has 0 aliphatic rings. The first-order valence-corrected chi connectivity index (χ1v) is 5.56. The zero-order chi connectivity index (χ0) is 12.3. The molecular weight excluding hydrogens is 293 g/mol. The first kappa shape index (κ1) is 14.6. The Balaban J connectivity index is 0.00000162. The van der Waals surface area contributed by atoms with Gasteiger partial charge in [0, 0.05) is 4.79 Å². The number of nitrogens with zero attached hydrogens (tertiary/aromatic N) is 1. The molecule has 2 aromatic rings. The Bertz CT molecular complexity index is 560. The van der Waals surface area contributed by atoms with Gasteiger partial charge in [-0.25, -0.2) is 0 Å². The minimum Gasteiger partial charge on any atom is -0.653 e. The number of hydrogen-bond acceptors (Lipinski definition) is 1. The largest absolute Gasteiger partial charge is 3.00 e. The van der Waals surface area contributed by atoms with Gasteiger partial charge in [-0.15, -0.1) is 5.69 Å². The van der Waals surface area contributed by atoms with Crippen molar-refractivity contribution in [2.75, 3.05) is 0 Å². The molecule has 0 amide bonds. The van der Waals surface area contributed by atoms with Crippen molar-refractivity contribution in [1.82, 2.24) is 0 Å². The van der Waals surface area contributed by atoms with Crippen molar-refractivity contribution in [3.05, 3.63) is 59.4 Å². The molecule has 0 aliphatic carbocycles. The molecule has 1 radical (unpaired) electrons. The molecule has 3 nitrogen and oxygen atoms in total. The Morgan fingerprint density at radius 1 is 1.00 bits per heavy atom. The van der Waals surface area contributed by atoms with Crippen molar-refractivity contribution >= 4 is 30.0 Å². The van der Waals surface area contributed by atoms with Crippen molar-refractivity contribution in [1.29, 1.82) is 0 Å². The quantitative estimate of drug-likeness (QED) is 0.634. The van der Waals surface area contributed by atoms with Crippen LogP contribution in [0.25, 0.3) is 5.32 Å². The molecule has 0 saturated carbocycles. The van der Waals surface area contributed by atoms with E-state index in [1.807, 2.05) is 24.3 Å². The Kier molecular flexibility index (Phi) is 5.26. The Morgan fingerprint density at radius 2 is 1.56 bits per heavy atom. The van der Waals surface area contributed by atoms with Gasteiger partial charge in [0.2, 0.25) is 0 Å². The van der Waals surface area contributed by atoms with E-state index in [2.05, 4.69) is 17.9 Å². The molecule has 0 spiro atoms. The van der Waals surface area contributed by atoms with Crippen LogP contribution in [0, 0.1) is 0 Å². The third kappa shape index (κ3) is 3.28. The molecule has 0 bridgehead atoms. The summed E-state index contributed by atoms with van der Waals surface area (Å²) in [5, 5.41) is 11.5. The summed E-state index contributed by atoms with van der Waals surface area (Å²) in [6, 6.07) is 14.3. The summed E-state index contributed by atoms with van der Waals surface area (Å²) in [6.45, 7) is 0. The van der Waals surface area contributed by atoms with E-state index in [1.54, 1.807) is 24.3 Å². The van der Waals surface area contributed by atoms with Crippen LogP contribution in [0.2, 0.25) is 0 Å². The van der Waals surface area contributed by atoms with Crippen LogP contribution in [-0.2, 0) is 29.1 Å². The van der Waals surface area contributed by atoms with E-state index in [0.29, 0.717) is 11.3 Å². The van der Waals surface area contributed by atoms with E-state index < -0.39 is 5.97 Å². The second-order valence-corrected chi connectivity index (χ2v) is 4.01. The molecule has 2 rings (SSSR count). The summed E-state index contributed by atoms with van der Waals surface area (Å²) in [5.74, 6) is -0.726. The van der Waals surface area contributed by atoms with Crippen LogP contribution in [0.1, 0.15) is 10.4 Å². The van der Waals surface area contributed by atoms with Gasteiger partial charge in [0.1, 0.15) is 10.5 Å². The average molecular weight is 305 g/mol. The van der Waals surface area contributed by atoms with Gasteiger partial charge in [-0.05, 0) is 24.8 Å². The third-order valence-corrected chi connectivity index (χ3v) is 2.72. The Morgan fingerprint density at radius 3 is 2.17 bits per heavy atom. The van der Waals surface area contributed by atoms with Gasteiger partial charge in [-0.1, -0.05) is 42.1 Å². The third-order valence-electron chi connectivity index (χ3n) is 2.29. The molecule has 18 heavy (non-hydrogen) atoms. The molecule has 0 saturated heterocycles. The molecule has 0 aliphatic heterocycles. The maximum absolute atomic E-state index is 11.1. The summed E-state index contributed by atoms with van der Waals surface area (Å²) in [6.07, 6.45) is 0. The van der Waals surface area contributed by atoms with Crippen molar-refractivity contribution in [3.63, 3.8) is 0 Å². The van der Waals surface area contributed by atoms with Gasteiger partial charge in [0.15, 0.2) is 0 Å². The maximum Gasteiger partial charge on any atom is 3.00 e.